The SMILES string of the molecule is Cc1ccc(NC(=O)CN2CCN(C(=O)c3ccc(-c4ccc(Cl)cc4)o3)CC2)cc1. The van der Waals surface area contributed by atoms with Crippen LogP contribution in [-0.2, 0) is 4.79 Å². The number of hydrogen-bond donors (Lipinski definition) is 1. The van der Waals surface area contributed by atoms with Crippen molar-refractivity contribution in [3.63, 3.8) is 0 Å². The summed E-state index contributed by atoms with van der Waals surface area (Å²) in [5.41, 5.74) is 2.81. The van der Waals surface area contributed by atoms with Crippen LogP contribution in [0.3, 0.4) is 0 Å². The maximum atomic E-state index is 12.8. The van der Waals surface area contributed by atoms with Crippen LogP contribution in [0.15, 0.2) is 65.1 Å². The molecule has 0 aliphatic carbocycles. The topological polar surface area (TPSA) is 65.8 Å². The van der Waals surface area contributed by atoms with Crippen molar-refractivity contribution in [2.45, 2.75) is 6.92 Å². The molecule has 3 aromatic rings. The third-order valence-corrected chi connectivity index (χ3v) is 5.56. The zero-order chi connectivity index (χ0) is 21.8. The van der Waals surface area contributed by atoms with Gasteiger partial charge in [-0.1, -0.05) is 29.3 Å². The molecule has 1 N–H and O–H groups in total. The van der Waals surface area contributed by atoms with E-state index in [-0.39, 0.29) is 11.8 Å². The number of benzene rings is 2. The van der Waals surface area contributed by atoms with Crippen LogP contribution in [0.5, 0.6) is 0 Å². The molecule has 0 bridgehead atoms. The van der Waals surface area contributed by atoms with E-state index in [0.29, 0.717) is 49.3 Å². The number of amides is 2. The van der Waals surface area contributed by atoms with E-state index in [1.165, 1.54) is 0 Å². The van der Waals surface area contributed by atoms with Gasteiger partial charge in [-0.15, -0.1) is 0 Å². The Morgan fingerprint density at radius 2 is 1.61 bits per heavy atom. The molecule has 0 spiro atoms. The number of aryl methyl sites for hydroxylation is 1. The minimum absolute atomic E-state index is 0.0535. The van der Waals surface area contributed by atoms with Gasteiger partial charge in [0, 0.05) is 42.5 Å². The lowest BCUT2D eigenvalue weighted by Crippen LogP contribution is -2.50. The van der Waals surface area contributed by atoms with Crippen molar-refractivity contribution in [3.8, 4) is 11.3 Å². The minimum Gasteiger partial charge on any atom is -0.451 e. The molecule has 2 aromatic carbocycles. The fourth-order valence-corrected chi connectivity index (χ4v) is 3.65. The lowest BCUT2D eigenvalue weighted by molar-refractivity contribution is -0.117. The Hall–Kier alpha value is -3.09. The molecule has 0 unspecified atom stereocenters. The highest BCUT2D eigenvalue weighted by atomic mass is 35.5. The van der Waals surface area contributed by atoms with Crippen molar-refractivity contribution in [1.82, 2.24) is 9.80 Å². The number of anilines is 1. The molecule has 1 aliphatic heterocycles. The Morgan fingerprint density at radius 1 is 0.935 bits per heavy atom. The maximum absolute atomic E-state index is 12.8. The summed E-state index contributed by atoms with van der Waals surface area (Å²) in [5, 5.41) is 3.56. The molecule has 160 valence electrons. The van der Waals surface area contributed by atoms with Crippen LogP contribution in [0.25, 0.3) is 11.3 Å². The predicted octanol–water partition coefficient (Wildman–Crippen LogP) is 4.30. The van der Waals surface area contributed by atoms with Gasteiger partial charge >= 0.3 is 0 Å². The highest BCUT2D eigenvalue weighted by molar-refractivity contribution is 6.30. The normalized spacial score (nSPS) is 14.5. The minimum atomic E-state index is -0.135. The van der Waals surface area contributed by atoms with Gasteiger partial charge in [0.05, 0.1) is 6.54 Å². The Balaban J connectivity index is 1.28. The Morgan fingerprint density at radius 3 is 2.29 bits per heavy atom. The third kappa shape index (κ3) is 5.34. The molecule has 0 atom stereocenters. The zero-order valence-corrected chi connectivity index (χ0v) is 18.1. The molecule has 7 heteroatoms. The molecular weight excluding hydrogens is 414 g/mol. The predicted molar refractivity (Wildman–Crippen MR) is 121 cm³/mol. The van der Waals surface area contributed by atoms with Crippen molar-refractivity contribution < 1.29 is 14.0 Å². The fourth-order valence-electron chi connectivity index (χ4n) is 3.53. The third-order valence-electron chi connectivity index (χ3n) is 5.31. The van der Waals surface area contributed by atoms with Gasteiger partial charge in [-0.2, -0.15) is 0 Å². The van der Waals surface area contributed by atoms with Crippen molar-refractivity contribution >= 4 is 29.1 Å². The van der Waals surface area contributed by atoms with E-state index in [9.17, 15) is 9.59 Å². The second-order valence-electron chi connectivity index (χ2n) is 7.65. The number of halogens is 1. The van der Waals surface area contributed by atoms with Crippen molar-refractivity contribution in [1.29, 1.82) is 0 Å². The van der Waals surface area contributed by atoms with Crippen molar-refractivity contribution in [2.75, 3.05) is 38.0 Å². The van der Waals surface area contributed by atoms with Gasteiger partial charge in [-0.05, 0) is 55.5 Å². The second-order valence-corrected chi connectivity index (χ2v) is 8.09. The van der Waals surface area contributed by atoms with Gasteiger partial charge in [0.25, 0.3) is 5.91 Å². The van der Waals surface area contributed by atoms with Crippen LogP contribution in [-0.4, -0.2) is 54.3 Å². The fraction of sp³-hybridized carbons (Fsp3) is 0.250. The maximum Gasteiger partial charge on any atom is 0.289 e. The summed E-state index contributed by atoms with van der Waals surface area (Å²) in [4.78, 5) is 28.9. The van der Waals surface area contributed by atoms with Gasteiger partial charge in [0.1, 0.15) is 5.76 Å². The molecular formula is C24H24ClN3O3. The summed E-state index contributed by atoms with van der Waals surface area (Å²) in [6, 6.07) is 18.5. The summed E-state index contributed by atoms with van der Waals surface area (Å²) in [6.45, 7) is 4.68. The van der Waals surface area contributed by atoms with E-state index in [0.717, 1.165) is 16.8 Å². The number of carbonyl (C=O) groups is 2. The van der Waals surface area contributed by atoms with Crippen molar-refractivity contribution in [3.05, 3.63) is 77.0 Å². The molecule has 1 fully saturated rings. The van der Waals surface area contributed by atoms with Crippen molar-refractivity contribution in [2.24, 2.45) is 0 Å². The quantitative estimate of drug-likeness (QED) is 0.646. The van der Waals surface area contributed by atoms with E-state index in [2.05, 4.69) is 10.2 Å². The first-order valence-electron chi connectivity index (χ1n) is 10.2. The number of furan rings is 1. The van der Waals surface area contributed by atoms with E-state index in [4.69, 9.17) is 16.0 Å². The number of nitrogens with zero attached hydrogens (tertiary/aromatic N) is 2. The standard InChI is InChI=1S/C24H24ClN3O3/c1-17-2-8-20(9-3-17)26-23(29)16-27-12-14-28(15-13-27)24(30)22-11-10-21(31-22)18-4-6-19(25)7-5-18/h2-11H,12-16H2,1H3,(H,26,29). The molecule has 2 amide bonds. The van der Waals surface area contributed by atoms with E-state index in [1.54, 1.807) is 29.2 Å². The highest BCUT2D eigenvalue weighted by Crippen LogP contribution is 2.24. The first-order valence-corrected chi connectivity index (χ1v) is 10.6. The van der Waals surface area contributed by atoms with Crippen LogP contribution in [0.4, 0.5) is 5.69 Å². The smallest absolute Gasteiger partial charge is 0.289 e. The molecule has 0 radical (unpaired) electrons. The van der Waals surface area contributed by atoms with Crippen LogP contribution >= 0.6 is 11.6 Å². The number of nitrogens with one attached hydrogen (secondary N) is 1. The molecule has 2 heterocycles. The Labute approximate surface area is 186 Å². The van der Waals surface area contributed by atoms with Gasteiger partial charge < -0.3 is 14.6 Å². The van der Waals surface area contributed by atoms with Crippen LogP contribution in [0.1, 0.15) is 16.1 Å². The summed E-state index contributed by atoms with van der Waals surface area (Å²) >= 11 is 5.93. The average molecular weight is 438 g/mol. The lowest BCUT2D eigenvalue weighted by Gasteiger charge is -2.33. The Bertz CT molecular complexity index is 1050. The van der Waals surface area contributed by atoms with Crippen LogP contribution < -0.4 is 5.32 Å². The van der Waals surface area contributed by atoms with Gasteiger partial charge in [-0.3, -0.25) is 14.5 Å². The summed E-state index contributed by atoms with van der Waals surface area (Å²) in [7, 11) is 0. The first kappa shape index (κ1) is 21.2. The van der Waals surface area contributed by atoms with Crippen LogP contribution in [0, 0.1) is 6.92 Å². The first-order chi connectivity index (χ1) is 15.0. The molecule has 1 aromatic heterocycles. The van der Waals surface area contributed by atoms with E-state index in [1.807, 2.05) is 43.3 Å². The lowest BCUT2D eigenvalue weighted by atomic mass is 10.2. The van der Waals surface area contributed by atoms with Crippen LogP contribution in [0.2, 0.25) is 5.02 Å². The number of rotatable bonds is 5. The largest absolute Gasteiger partial charge is 0.451 e. The number of carbonyl (C=O) groups excluding carboxylic acids is 2. The van der Waals surface area contributed by atoms with Gasteiger partial charge in [0.2, 0.25) is 5.91 Å². The Kier molecular flexibility index (Phi) is 6.39. The monoisotopic (exact) mass is 437 g/mol. The summed E-state index contributed by atoms with van der Waals surface area (Å²) < 4.78 is 5.78. The molecule has 1 aliphatic rings. The van der Waals surface area contributed by atoms with Gasteiger partial charge in [-0.25, -0.2) is 0 Å². The second kappa shape index (κ2) is 9.37. The highest BCUT2D eigenvalue weighted by Gasteiger charge is 2.25. The molecule has 31 heavy (non-hydrogen) atoms. The number of hydrogen-bond acceptors (Lipinski definition) is 4. The molecule has 0 saturated carbocycles. The molecule has 4 rings (SSSR count). The van der Waals surface area contributed by atoms with E-state index >= 15 is 0 Å². The number of piperazine rings is 1. The van der Waals surface area contributed by atoms with Gasteiger partial charge in [0.15, 0.2) is 5.76 Å². The summed E-state index contributed by atoms with van der Waals surface area (Å²) in [6.07, 6.45) is 0. The molecule has 1 saturated heterocycles. The molecule has 6 nitrogen and oxygen atoms in total. The zero-order valence-electron chi connectivity index (χ0n) is 17.3. The summed E-state index contributed by atoms with van der Waals surface area (Å²) in [5.74, 6) is 0.758. The average Bonchev–Trinajstić information content (AvgIpc) is 3.26. The van der Waals surface area contributed by atoms with E-state index < -0.39 is 0 Å².